The van der Waals surface area contributed by atoms with Gasteiger partial charge in [0.05, 0.1) is 0 Å². The second-order valence-corrected chi connectivity index (χ2v) is 16.4. The fraction of sp³-hybridized carbons (Fsp3) is 0.898. The Labute approximate surface area is 341 Å². The van der Waals surface area contributed by atoms with Gasteiger partial charge in [0.15, 0.2) is 6.10 Å². The summed E-state index contributed by atoms with van der Waals surface area (Å²) in [5, 5.41) is 0. The molecule has 324 valence electrons. The van der Waals surface area contributed by atoms with Gasteiger partial charge in [0.1, 0.15) is 13.2 Å². The van der Waals surface area contributed by atoms with E-state index in [-0.39, 0.29) is 31.1 Å². The first-order valence-electron chi connectivity index (χ1n) is 24.2. The van der Waals surface area contributed by atoms with Crippen molar-refractivity contribution >= 4 is 17.9 Å². The Bertz CT molecular complexity index is 854. The van der Waals surface area contributed by atoms with Crippen LogP contribution in [0.5, 0.6) is 0 Å². The molecule has 1 unspecified atom stereocenters. The zero-order valence-electron chi connectivity index (χ0n) is 37.0. The van der Waals surface area contributed by atoms with E-state index in [4.69, 9.17) is 14.2 Å². The second kappa shape index (κ2) is 44.9. The lowest BCUT2D eigenvalue weighted by molar-refractivity contribution is -0.167. The topological polar surface area (TPSA) is 78.9 Å². The molecule has 0 aromatic carbocycles. The number of unbranched alkanes of at least 4 members (excludes halogenated alkanes) is 31. The number of ether oxygens (including phenoxy) is 3. The van der Waals surface area contributed by atoms with Crippen molar-refractivity contribution in [3.05, 3.63) is 12.2 Å². The van der Waals surface area contributed by atoms with Crippen molar-refractivity contribution in [1.82, 2.24) is 0 Å². The first kappa shape index (κ1) is 53.1. The van der Waals surface area contributed by atoms with Gasteiger partial charge in [0.25, 0.3) is 0 Å². The average molecular weight is 777 g/mol. The van der Waals surface area contributed by atoms with Crippen molar-refractivity contribution in [1.29, 1.82) is 0 Å². The molecule has 0 aliphatic carbocycles. The molecule has 55 heavy (non-hydrogen) atoms. The number of carbonyl (C=O) groups excluding carboxylic acids is 3. The van der Waals surface area contributed by atoms with E-state index >= 15 is 0 Å². The average Bonchev–Trinajstić information content (AvgIpc) is 3.18. The molecule has 0 amide bonds. The number of rotatable bonds is 44. The summed E-state index contributed by atoms with van der Waals surface area (Å²) in [5.41, 5.74) is 0. The lowest BCUT2D eigenvalue weighted by Crippen LogP contribution is -2.30. The summed E-state index contributed by atoms with van der Waals surface area (Å²) < 4.78 is 16.7. The molecular formula is C49H92O6. The molecule has 0 saturated heterocycles. The maximum atomic E-state index is 12.7. The Hall–Kier alpha value is -1.85. The van der Waals surface area contributed by atoms with Crippen molar-refractivity contribution in [2.45, 2.75) is 271 Å². The molecule has 1 atom stereocenters. The maximum absolute atomic E-state index is 12.7. The van der Waals surface area contributed by atoms with E-state index in [9.17, 15) is 14.4 Å². The van der Waals surface area contributed by atoms with Crippen LogP contribution >= 0.6 is 0 Å². The van der Waals surface area contributed by atoms with Crippen LogP contribution in [0.3, 0.4) is 0 Å². The largest absolute Gasteiger partial charge is 0.462 e. The van der Waals surface area contributed by atoms with Crippen LogP contribution in [0.15, 0.2) is 12.2 Å². The van der Waals surface area contributed by atoms with Gasteiger partial charge in [-0.2, -0.15) is 0 Å². The zero-order valence-corrected chi connectivity index (χ0v) is 37.0. The summed E-state index contributed by atoms with van der Waals surface area (Å²) in [6.45, 7) is 6.60. The summed E-state index contributed by atoms with van der Waals surface area (Å²) in [7, 11) is 0. The molecule has 0 saturated carbocycles. The predicted octanol–water partition coefficient (Wildman–Crippen LogP) is 15.4. The molecule has 0 bridgehead atoms. The first-order chi connectivity index (χ1) is 27.0. The minimum absolute atomic E-state index is 0.0669. The predicted molar refractivity (Wildman–Crippen MR) is 233 cm³/mol. The number of carbonyl (C=O) groups is 3. The van der Waals surface area contributed by atoms with Crippen LogP contribution in [0, 0.1) is 0 Å². The van der Waals surface area contributed by atoms with Gasteiger partial charge in [-0.3, -0.25) is 14.4 Å². The van der Waals surface area contributed by atoms with E-state index in [0.29, 0.717) is 19.3 Å². The quantitative estimate of drug-likeness (QED) is 0.0265. The Morgan fingerprint density at radius 3 is 0.909 bits per heavy atom. The van der Waals surface area contributed by atoms with Gasteiger partial charge >= 0.3 is 17.9 Å². The third kappa shape index (κ3) is 43.1. The van der Waals surface area contributed by atoms with E-state index in [1.54, 1.807) is 0 Å². The number of esters is 3. The zero-order chi connectivity index (χ0) is 40.1. The molecule has 0 N–H and O–H groups in total. The number of hydrogen-bond donors (Lipinski definition) is 0. The fourth-order valence-electron chi connectivity index (χ4n) is 7.08. The van der Waals surface area contributed by atoms with Crippen molar-refractivity contribution in [2.75, 3.05) is 13.2 Å². The van der Waals surface area contributed by atoms with E-state index in [1.807, 2.05) is 0 Å². The first-order valence-corrected chi connectivity index (χ1v) is 24.2. The van der Waals surface area contributed by atoms with E-state index in [2.05, 4.69) is 32.9 Å². The normalized spacial score (nSPS) is 12.0. The standard InChI is InChI=1S/C49H92O6/c1-4-7-10-13-16-18-20-21-22-23-24-25-26-27-29-30-33-36-39-42-48(51)54-45-46(44-53-47(50)41-38-35-32-15-12-9-6-3)55-49(52)43-40-37-34-31-28-19-17-14-11-8-5-2/h21-22,46H,4-20,23-45H2,1-3H3/b22-21-. The third-order valence-electron chi connectivity index (χ3n) is 10.8. The van der Waals surface area contributed by atoms with Crippen LogP contribution in [-0.2, 0) is 28.6 Å². The number of hydrogen-bond acceptors (Lipinski definition) is 6. The molecular weight excluding hydrogens is 685 g/mol. The molecule has 6 nitrogen and oxygen atoms in total. The van der Waals surface area contributed by atoms with Crippen molar-refractivity contribution < 1.29 is 28.6 Å². The smallest absolute Gasteiger partial charge is 0.306 e. The Morgan fingerprint density at radius 1 is 0.345 bits per heavy atom. The molecule has 0 spiro atoms. The third-order valence-corrected chi connectivity index (χ3v) is 10.8. The lowest BCUT2D eigenvalue weighted by Gasteiger charge is -2.18. The number of allylic oxidation sites excluding steroid dienone is 2. The minimum Gasteiger partial charge on any atom is -0.462 e. The minimum atomic E-state index is -0.761. The molecule has 0 fully saturated rings. The molecule has 0 rings (SSSR count). The highest BCUT2D eigenvalue weighted by Gasteiger charge is 2.19. The van der Waals surface area contributed by atoms with E-state index < -0.39 is 6.10 Å². The van der Waals surface area contributed by atoms with Gasteiger partial charge in [-0.15, -0.1) is 0 Å². The molecule has 0 radical (unpaired) electrons. The van der Waals surface area contributed by atoms with Gasteiger partial charge in [-0.25, -0.2) is 0 Å². The maximum Gasteiger partial charge on any atom is 0.306 e. The Morgan fingerprint density at radius 2 is 0.600 bits per heavy atom. The van der Waals surface area contributed by atoms with Crippen LogP contribution < -0.4 is 0 Å². The van der Waals surface area contributed by atoms with Gasteiger partial charge < -0.3 is 14.2 Å². The summed E-state index contributed by atoms with van der Waals surface area (Å²) in [6, 6.07) is 0. The molecule has 0 aromatic rings. The highest BCUT2D eigenvalue weighted by atomic mass is 16.6. The van der Waals surface area contributed by atoms with Gasteiger partial charge in [0.2, 0.25) is 0 Å². The highest BCUT2D eigenvalue weighted by molar-refractivity contribution is 5.71. The van der Waals surface area contributed by atoms with E-state index in [0.717, 1.165) is 57.8 Å². The van der Waals surface area contributed by atoms with E-state index in [1.165, 1.54) is 167 Å². The van der Waals surface area contributed by atoms with Crippen LogP contribution in [-0.4, -0.2) is 37.2 Å². The van der Waals surface area contributed by atoms with Gasteiger partial charge in [0, 0.05) is 19.3 Å². The molecule has 0 aliphatic rings. The molecule has 6 heteroatoms. The summed E-state index contributed by atoms with van der Waals surface area (Å²) in [5.74, 6) is -0.866. The van der Waals surface area contributed by atoms with Gasteiger partial charge in [-0.1, -0.05) is 213 Å². The Kier molecular flexibility index (Phi) is 43.4. The summed E-state index contributed by atoms with van der Waals surface area (Å²) in [6.07, 6.45) is 47.8. The van der Waals surface area contributed by atoms with Crippen molar-refractivity contribution in [3.8, 4) is 0 Å². The van der Waals surface area contributed by atoms with Crippen molar-refractivity contribution in [3.63, 3.8) is 0 Å². The molecule has 0 aliphatic heterocycles. The lowest BCUT2D eigenvalue weighted by atomic mass is 10.1. The van der Waals surface area contributed by atoms with Crippen LogP contribution in [0.4, 0.5) is 0 Å². The summed E-state index contributed by atoms with van der Waals surface area (Å²) in [4.78, 5) is 37.6. The second-order valence-electron chi connectivity index (χ2n) is 16.4. The Balaban J connectivity index is 4.18. The summed E-state index contributed by atoms with van der Waals surface area (Å²) >= 11 is 0. The SMILES string of the molecule is CCCCCCCC/C=C\CCCCCCCCCCCC(=O)OCC(COC(=O)CCCCCCCCC)OC(=O)CCCCCCCCCCCCC. The molecule has 0 heterocycles. The van der Waals surface area contributed by atoms with Gasteiger partial charge in [-0.05, 0) is 44.9 Å². The van der Waals surface area contributed by atoms with Crippen molar-refractivity contribution in [2.24, 2.45) is 0 Å². The molecule has 0 aromatic heterocycles. The fourth-order valence-corrected chi connectivity index (χ4v) is 7.08. The van der Waals surface area contributed by atoms with Crippen LogP contribution in [0.25, 0.3) is 0 Å². The van der Waals surface area contributed by atoms with Crippen LogP contribution in [0.1, 0.15) is 265 Å². The monoisotopic (exact) mass is 777 g/mol. The highest BCUT2D eigenvalue weighted by Crippen LogP contribution is 2.15. The van der Waals surface area contributed by atoms with Crippen LogP contribution in [0.2, 0.25) is 0 Å².